The van der Waals surface area contributed by atoms with Gasteiger partial charge in [-0.05, 0) is 32.4 Å². The molecule has 0 atom stereocenters. The van der Waals surface area contributed by atoms with Gasteiger partial charge in [-0.2, -0.15) is 0 Å². The molecule has 2 aromatic heterocycles. The third-order valence-electron chi connectivity index (χ3n) is 2.84. The van der Waals surface area contributed by atoms with Crippen molar-refractivity contribution in [3.05, 3.63) is 36.3 Å². The summed E-state index contributed by atoms with van der Waals surface area (Å²) >= 11 is 0. The molecule has 2 aromatic rings. The topological polar surface area (TPSA) is 89.0 Å². The van der Waals surface area contributed by atoms with E-state index in [1.165, 1.54) is 0 Å². The molecule has 122 valence electrons. The molecular formula is C16H21N5O2. The summed E-state index contributed by atoms with van der Waals surface area (Å²) in [4.78, 5) is 24.3. The van der Waals surface area contributed by atoms with Crippen LogP contribution in [0.1, 0.15) is 25.8 Å². The Balaban J connectivity index is 1.82. The van der Waals surface area contributed by atoms with Gasteiger partial charge in [-0.3, -0.25) is 4.79 Å². The third kappa shape index (κ3) is 5.54. The van der Waals surface area contributed by atoms with E-state index in [-0.39, 0.29) is 18.4 Å². The minimum absolute atomic E-state index is 0.00293. The number of nitrogens with one attached hydrogen (secondary N) is 2. The van der Waals surface area contributed by atoms with Crippen molar-refractivity contribution in [3.8, 4) is 5.88 Å². The second-order valence-corrected chi connectivity index (χ2v) is 5.32. The summed E-state index contributed by atoms with van der Waals surface area (Å²) in [7, 11) is 0. The van der Waals surface area contributed by atoms with Crippen LogP contribution in [0.4, 0.5) is 11.6 Å². The third-order valence-corrected chi connectivity index (χ3v) is 2.84. The van der Waals surface area contributed by atoms with Crippen molar-refractivity contribution in [2.75, 3.05) is 17.2 Å². The Bertz CT molecular complexity index is 643. The van der Waals surface area contributed by atoms with Gasteiger partial charge in [0.15, 0.2) is 5.82 Å². The number of nitrogens with zero attached hydrogens (tertiary/aromatic N) is 3. The monoisotopic (exact) mass is 315 g/mol. The quantitative estimate of drug-likeness (QED) is 0.815. The Morgan fingerprint density at radius 2 is 2.00 bits per heavy atom. The zero-order chi connectivity index (χ0) is 16.7. The fourth-order valence-electron chi connectivity index (χ4n) is 1.80. The van der Waals surface area contributed by atoms with Gasteiger partial charge in [0.2, 0.25) is 5.91 Å². The number of pyridine rings is 1. The van der Waals surface area contributed by atoms with Gasteiger partial charge in [-0.15, -0.1) is 0 Å². The molecule has 2 N–H and O–H groups in total. The predicted molar refractivity (Wildman–Crippen MR) is 88.5 cm³/mol. The number of aryl methyl sites for hydroxylation is 1. The number of aromatic nitrogens is 3. The largest absolute Gasteiger partial charge is 0.472 e. The standard InChI is InChI=1S/C16H21N5O2/c1-11(2)23-16-15(18-8-9-19-16)17-7-6-14(22)21-13-5-4-12(3)10-20-13/h4-5,8-11H,6-7H2,1-3H3,(H,17,18)(H,20,21,22). The molecule has 0 saturated heterocycles. The Kier molecular flexibility index (Phi) is 5.85. The van der Waals surface area contributed by atoms with Crippen LogP contribution in [-0.4, -0.2) is 33.5 Å². The molecule has 2 rings (SSSR count). The first-order valence-corrected chi connectivity index (χ1v) is 7.48. The van der Waals surface area contributed by atoms with Crippen LogP contribution in [0.5, 0.6) is 5.88 Å². The molecule has 0 bridgehead atoms. The van der Waals surface area contributed by atoms with Gasteiger partial charge in [-0.25, -0.2) is 15.0 Å². The number of anilines is 2. The highest BCUT2D eigenvalue weighted by atomic mass is 16.5. The second-order valence-electron chi connectivity index (χ2n) is 5.32. The lowest BCUT2D eigenvalue weighted by atomic mass is 10.3. The van der Waals surface area contributed by atoms with Crippen LogP contribution in [0.15, 0.2) is 30.7 Å². The molecule has 0 radical (unpaired) electrons. The number of carbonyl (C=O) groups excluding carboxylic acids is 1. The number of carbonyl (C=O) groups is 1. The molecule has 0 unspecified atom stereocenters. The van der Waals surface area contributed by atoms with E-state index in [0.717, 1.165) is 5.56 Å². The molecule has 0 fully saturated rings. The van der Waals surface area contributed by atoms with Crippen molar-refractivity contribution in [1.29, 1.82) is 0 Å². The molecule has 2 heterocycles. The van der Waals surface area contributed by atoms with Crippen molar-refractivity contribution in [2.45, 2.75) is 33.3 Å². The number of ether oxygens (including phenoxy) is 1. The van der Waals surface area contributed by atoms with Gasteiger partial charge in [0.25, 0.3) is 5.88 Å². The molecular weight excluding hydrogens is 294 g/mol. The molecule has 23 heavy (non-hydrogen) atoms. The average molecular weight is 315 g/mol. The summed E-state index contributed by atoms with van der Waals surface area (Å²) in [5.74, 6) is 1.39. The molecule has 7 heteroatoms. The summed E-state index contributed by atoms with van der Waals surface area (Å²) in [6, 6.07) is 3.67. The van der Waals surface area contributed by atoms with E-state index in [0.29, 0.717) is 24.1 Å². The summed E-state index contributed by atoms with van der Waals surface area (Å²) in [5, 5.41) is 5.81. The van der Waals surface area contributed by atoms with Gasteiger partial charge in [0.05, 0.1) is 6.10 Å². The number of amides is 1. The van der Waals surface area contributed by atoms with Gasteiger partial charge >= 0.3 is 0 Å². The lowest BCUT2D eigenvalue weighted by Gasteiger charge is -2.13. The predicted octanol–water partition coefficient (Wildman–Crippen LogP) is 2.41. The zero-order valence-electron chi connectivity index (χ0n) is 13.5. The van der Waals surface area contributed by atoms with E-state index >= 15 is 0 Å². The van der Waals surface area contributed by atoms with E-state index in [1.54, 1.807) is 24.7 Å². The second kappa shape index (κ2) is 8.07. The van der Waals surface area contributed by atoms with Crippen LogP contribution in [0.3, 0.4) is 0 Å². The fraction of sp³-hybridized carbons (Fsp3) is 0.375. The highest BCUT2D eigenvalue weighted by Crippen LogP contribution is 2.18. The average Bonchev–Trinajstić information content (AvgIpc) is 2.51. The molecule has 1 amide bonds. The maximum Gasteiger partial charge on any atom is 0.257 e. The van der Waals surface area contributed by atoms with E-state index in [1.807, 2.05) is 26.8 Å². The Labute approximate surface area is 135 Å². The molecule has 0 aliphatic rings. The van der Waals surface area contributed by atoms with Gasteiger partial charge in [0, 0.05) is 31.6 Å². The minimum Gasteiger partial charge on any atom is -0.472 e. The van der Waals surface area contributed by atoms with Crippen LogP contribution >= 0.6 is 0 Å². The van der Waals surface area contributed by atoms with Crippen molar-refractivity contribution < 1.29 is 9.53 Å². The van der Waals surface area contributed by atoms with Gasteiger partial charge in [-0.1, -0.05) is 6.07 Å². The first-order valence-electron chi connectivity index (χ1n) is 7.48. The SMILES string of the molecule is Cc1ccc(NC(=O)CCNc2nccnc2OC(C)C)nc1. The molecule has 0 aliphatic heterocycles. The molecule has 0 aromatic carbocycles. The van der Waals surface area contributed by atoms with Gasteiger partial charge in [0.1, 0.15) is 5.82 Å². The molecule has 7 nitrogen and oxygen atoms in total. The fourth-order valence-corrected chi connectivity index (χ4v) is 1.80. The smallest absolute Gasteiger partial charge is 0.257 e. The van der Waals surface area contributed by atoms with Crippen LogP contribution in [0, 0.1) is 6.92 Å². The van der Waals surface area contributed by atoms with E-state index in [4.69, 9.17) is 4.74 Å². The summed E-state index contributed by atoms with van der Waals surface area (Å²) < 4.78 is 5.56. The highest BCUT2D eigenvalue weighted by Gasteiger charge is 2.09. The zero-order valence-corrected chi connectivity index (χ0v) is 13.5. The van der Waals surface area contributed by atoms with E-state index < -0.39 is 0 Å². The Morgan fingerprint density at radius 3 is 2.70 bits per heavy atom. The Hall–Kier alpha value is -2.70. The van der Waals surface area contributed by atoms with Crippen LogP contribution in [0.25, 0.3) is 0 Å². The van der Waals surface area contributed by atoms with E-state index in [9.17, 15) is 4.79 Å². The summed E-state index contributed by atoms with van der Waals surface area (Å²) in [6.45, 7) is 6.20. The highest BCUT2D eigenvalue weighted by molar-refractivity contribution is 5.90. The van der Waals surface area contributed by atoms with Crippen LogP contribution in [0.2, 0.25) is 0 Å². The number of rotatable bonds is 7. The van der Waals surface area contributed by atoms with Gasteiger partial charge < -0.3 is 15.4 Å². The maximum atomic E-state index is 11.9. The number of hydrogen-bond donors (Lipinski definition) is 2. The first-order chi connectivity index (χ1) is 11.0. The summed E-state index contributed by atoms with van der Waals surface area (Å²) in [6.07, 6.45) is 5.14. The normalized spacial score (nSPS) is 10.4. The minimum atomic E-state index is -0.121. The van der Waals surface area contributed by atoms with Crippen molar-refractivity contribution in [3.63, 3.8) is 0 Å². The summed E-state index contributed by atoms with van der Waals surface area (Å²) in [5.41, 5.74) is 1.05. The number of hydrogen-bond acceptors (Lipinski definition) is 6. The lowest BCUT2D eigenvalue weighted by Crippen LogP contribution is -2.18. The maximum absolute atomic E-state index is 11.9. The van der Waals surface area contributed by atoms with Crippen LogP contribution < -0.4 is 15.4 Å². The molecule has 0 saturated carbocycles. The van der Waals surface area contributed by atoms with Crippen LogP contribution in [-0.2, 0) is 4.79 Å². The lowest BCUT2D eigenvalue weighted by molar-refractivity contribution is -0.116. The van der Waals surface area contributed by atoms with Crippen molar-refractivity contribution >= 4 is 17.5 Å². The first kappa shape index (κ1) is 16.7. The van der Waals surface area contributed by atoms with Crippen molar-refractivity contribution in [2.24, 2.45) is 0 Å². The molecule has 0 spiro atoms. The molecule has 0 aliphatic carbocycles. The van der Waals surface area contributed by atoms with E-state index in [2.05, 4.69) is 25.6 Å². The van der Waals surface area contributed by atoms with Crippen molar-refractivity contribution in [1.82, 2.24) is 15.0 Å². The Morgan fingerprint density at radius 1 is 1.22 bits per heavy atom.